The summed E-state index contributed by atoms with van der Waals surface area (Å²) in [6.45, 7) is 5.55. The molecule has 1 saturated heterocycles. The van der Waals surface area contributed by atoms with Crippen LogP contribution in [0.25, 0.3) is 6.08 Å². The number of fused-ring (bicyclic) bond motifs is 2. The van der Waals surface area contributed by atoms with Gasteiger partial charge in [-0.15, -0.1) is 0 Å². The third kappa shape index (κ3) is 3.04. The van der Waals surface area contributed by atoms with Crippen LogP contribution in [0.5, 0.6) is 0 Å². The number of allylic oxidation sites excluding steroid dienone is 1. The van der Waals surface area contributed by atoms with Crippen LogP contribution in [0.2, 0.25) is 0 Å². The van der Waals surface area contributed by atoms with Crippen molar-refractivity contribution in [2.45, 2.75) is 52.0 Å². The van der Waals surface area contributed by atoms with Crippen molar-refractivity contribution in [3.63, 3.8) is 0 Å². The van der Waals surface area contributed by atoms with Crippen LogP contribution in [0.1, 0.15) is 76.7 Å². The van der Waals surface area contributed by atoms with E-state index in [9.17, 15) is 9.59 Å². The summed E-state index contributed by atoms with van der Waals surface area (Å²) >= 11 is 0. The molecule has 1 amide bonds. The Morgan fingerprint density at radius 1 is 1.14 bits per heavy atom. The molecular formula is C24H27N3O2. The molecule has 3 aliphatic rings. The second-order valence-electron chi connectivity index (χ2n) is 9.15. The molecule has 1 aromatic carbocycles. The van der Waals surface area contributed by atoms with Crippen LogP contribution in [-0.4, -0.2) is 39.5 Å². The van der Waals surface area contributed by atoms with Gasteiger partial charge in [-0.1, -0.05) is 18.2 Å². The van der Waals surface area contributed by atoms with Crippen molar-refractivity contribution in [1.29, 1.82) is 0 Å². The Morgan fingerprint density at radius 3 is 2.69 bits per heavy atom. The van der Waals surface area contributed by atoms with Crippen molar-refractivity contribution in [3.8, 4) is 0 Å². The van der Waals surface area contributed by atoms with E-state index >= 15 is 0 Å². The van der Waals surface area contributed by atoms with Crippen molar-refractivity contribution >= 4 is 17.8 Å². The number of likely N-dealkylation sites (tertiary alicyclic amines) is 1. The molecule has 1 aromatic heterocycles. The SMILES string of the molecule is CC(C)n1ncc2c1C(=O)CC1(CCN(C(=O)c3ccc4c(c3)C=CC4)CC1)C2. The van der Waals surface area contributed by atoms with Gasteiger partial charge in [0.2, 0.25) is 0 Å². The van der Waals surface area contributed by atoms with Crippen LogP contribution in [-0.2, 0) is 12.8 Å². The lowest BCUT2D eigenvalue weighted by Crippen LogP contribution is -2.46. The van der Waals surface area contributed by atoms with Gasteiger partial charge in [0.25, 0.3) is 5.91 Å². The van der Waals surface area contributed by atoms with E-state index in [1.807, 2.05) is 27.9 Å². The van der Waals surface area contributed by atoms with E-state index in [4.69, 9.17) is 0 Å². The highest BCUT2D eigenvalue weighted by Crippen LogP contribution is 2.44. The zero-order valence-electron chi connectivity index (χ0n) is 17.1. The number of piperidine rings is 1. The average Bonchev–Trinajstić information content (AvgIpc) is 3.34. The van der Waals surface area contributed by atoms with Gasteiger partial charge in [-0.25, -0.2) is 0 Å². The molecule has 0 radical (unpaired) electrons. The minimum Gasteiger partial charge on any atom is -0.339 e. The number of nitrogens with zero attached hydrogens (tertiary/aromatic N) is 3. The van der Waals surface area contributed by atoms with E-state index in [-0.39, 0.29) is 23.1 Å². The van der Waals surface area contributed by atoms with Crippen LogP contribution < -0.4 is 0 Å². The van der Waals surface area contributed by atoms with Gasteiger partial charge in [0.1, 0.15) is 5.69 Å². The first-order valence-corrected chi connectivity index (χ1v) is 10.6. The summed E-state index contributed by atoms with van der Waals surface area (Å²) in [6.07, 6.45) is 10.3. The maximum atomic E-state index is 13.0. The van der Waals surface area contributed by atoms with Crippen LogP contribution in [0, 0.1) is 5.41 Å². The van der Waals surface area contributed by atoms with Crippen molar-refractivity contribution < 1.29 is 9.59 Å². The molecule has 1 fully saturated rings. The van der Waals surface area contributed by atoms with E-state index in [1.165, 1.54) is 5.56 Å². The molecule has 5 heteroatoms. The van der Waals surface area contributed by atoms with E-state index in [0.29, 0.717) is 19.5 Å². The van der Waals surface area contributed by atoms with Gasteiger partial charge >= 0.3 is 0 Å². The molecule has 0 atom stereocenters. The maximum Gasteiger partial charge on any atom is 0.253 e. The Morgan fingerprint density at radius 2 is 1.93 bits per heavy atom. The van der Waals surface area contributed by atoms with Gasteiger partial charge < -0.3 is 4.90 Å². The van der Waals surface area contributed by atoms with E-state index in [1.54, 1.807) is 0 Å². The smallest absolute Gasteiger partial charge is 0.253 e. The first kappa shape index (κ1) is 18.3. The van der Waals surface area contributed by atoms with Crippen LogP contribution in [0.4, 0.5) is 0 Å². The fourth-order valence-electron chi connectivity index (χ4n) is 5.22. The number of ketones is 1. The Hall–Kier alpha value is -2.69. The highest BCUT2D eigenvalue weighted by Gasteiger charge is 2.43. The van der Waals surface area contributed by atoms with Gasteiger partial charge in [-0.2, -0.15) is 5.10 Å². The summed E-state index contributed by atoms with van der Waals surface area (Å²) in [5.74, 6) is 0.320. The van der Waals surface area contributed by atoms with E-state index in [2.05, 4.69) is 37.2 Å². The van der Waals surface area contributed by atoms with Crippen LogP contribution in [0.3, 0.4) is 0 Å². The molecule has 0 bridgehead atoms. The third-order valence-corrected chi connectivity index (χ3v) is 6.86. The van der Waals surface area contributed by atoms with Crippen LogP contribution in [0.15, 0.2) is 30.5 Å². The monoisotopic (exact) mass is 389 g/mol. The van der Waals surface area contributed by atoms with Gasteiger partial charge in [0.05, 0.1) is 6.20 Å². The number of hydrogen-bond acceptors (Lipinski definition) is 3. The summed E-state index contributed by atoms with van der Waals surface area (Å²) in [5.41, 5.74) is 5.09. The topological polar surface area (TPSA) is 55.2 Å². The van der Waals surface area contributed by atoms with Gasteiger partial charge in [-0.05, 0) is 68.2 Å². The molecule has 0 unspecified atom stereocenters. The average molecular weight is 389 g/mol. The summed E-state index contributed by atoms with van der Waals surface area (Å²) in [4.78, 5) is 27.9. The Labute approximate surface area is 171 Å². The van der Waals surface area contributed by atoms with Gasteiger partial charge in [0.15, 0.2) is 5.78 Å². The molecule has 1 aliphatic heterocycles. The van der Waals surface area contributed by atoms with Crippen LogP contribution >= 0.6 is 0 Å². The summed E-state index contributed by atoms with van der Waals surface area (Å²) < 4.78 is 1.87. The first-order valence-electron chi connectivity index (χ1n) is 10.6. The molecule has 2 heterocycles. The molecule has 0 saturated carbocycles. The molecule has 2 aromatic rings. The zero-order chi connectivity index (χ0) is 20.2. The van der Waals surface area contributed by atoms with E-state index < -0.39 is 0 Å². The Kier molecular flexibility index (Phi) is 4.23. The summed E-state index contributed by atoms with van der Waals surface area (Å²) in [5, 5.41) is 4.46. The number of Topliss-reactive ketones (excluding diaryl/α,β-unsaturated/α-hetero) is 1. The lowest BCUT2D eigenvalue weighted by Gasteiger charge is -2.43. The molecule has 150 valence electrons. The van der Waals surface area contributed by atoms with Crippen molar-refractivity contribution in [3.05, 3.63) is 58.4 Å². The predicted octanol–water partition coefficient (Wildman–Crippen LogP) is 4.08. The van der Waals surface area contributed by atoms with Crippen molar-refractivity contribution in [2.24, 2.45) is 5.41 Å². The first-order chi connectivity index (χ1) is 14.0. The molecule has 1 spiro atoms. The lowest BCUT2D eigenvalue weighted by atomic mass is 9.67. The molecular weight excluding hydrogens is 362 g/mol. The predicted molar refractivity (Wildman–Crippen MR) is 112 cm³/mol. The highest BCUT2D eigenvalue weighted by atomic mass is 16.2. The minimum absolute atomic E-state index is 0.0214. The quantitative estimate of drug-likeness (QED) is 0.777. The van der Waals surface area contributed by atoms with Crippen molar-refractivity contribution in [1.82, 2.24) is 14.7 Å². The Bertz CT molecular complexity index is 1020. The van der Waals surface area contributed by atoms with Crippen molar-refractivity contribution in [2.75, 3.05) is 13.1 Å². The molecule has 0 N–H and O–H groups in total. The maximum absolute atomic E-state index is 13.0. The van der Waals surface area contributed by atoms with E-state index in [0.717, 1.165) is 48.1 Å². The second kappa shape index (κ2) is 6.68. The normalized spacial score (nSPS) is 19.7. The number of amides is 1. The van der Waals surface area contributed by atoms with Gasteiger partial charge in [-0.3, -0.25) is 14.3 Å². The Balaban J connectivity index is 1.31. The molecule has 29 heavy (non-hydrogen) atoms. The third-order valence-electron chi connectivity index (χ3n) is 6.86. The fourth-order valence-corrected chi connectivity index (χ4v) is 5.22. The number of rotatable bonds is 2. The number of carbonyl (C=O) groups is 2. The molecule has 5 rings (SSSR count). The number of hydrogen-bond donors (Lipinski definition) is 0. The summed E-state index contributed by atoms with van der Waals surface area (Å²) in [6, 6.07) is 6.23. The fraction of sp³-hybridized carbons (Fsp3) is 0.458. The summed E-state index contributed by atoms with van der Waals surface area (Å²) in [7, 11) is 0. The lowest BCUT2D eigenvalue weighted by molar-refractivity contribution is 0.0517. The second-order valence-corrected chi connectivity index (χ2v) is 9.15. The van der Waals surface area contributed by atoms with Gasteiger partial charge in [0, 0.05) is 36.7 Å². The number of carbonyl (C=O) groups excluding carboxylic acids is 2. The zero-order valence-corrected chi connectivity index (χ0v) is 17.1. The molecule has 2 aliphatic carbocycles. The standard InChI is InChI=1S/C24H27N3O2/c1-16(2)27-22-20(15-25-27)13-24(14-21(22)28)8-10-26(11-9-24)23(29)19-7-6-17-4-3-5-18(17)12-19/h3,5-7,12,15-16H,4,8-11,13-14H2,1-2H3. The minimum atomic E-state index is -0.0214. The number of benzene rings is 1. The largest absolute Gasteiger partial charge is 0.339 e. The number of aromatic nitrogens is 2. The molecule has 5 nitrogen and oxygen atoms in total. The highest BCUT2D eigenvalue weighted by molar-refractivity contribution is 5.98.